The number of halogens is 3. The predicted molar refractivity (Wildman–Crippen MR) is 97.5 cm³/mol. The summed E-state index contributed by atoms with van der Waals surface area (Å²) in [6, 6.07) is 4.77. The molecule has 2 saturated heterocycles. The van der Waals surface area contributed by atoms with Crippen molar-refractivity contribution in [3.63, 3.8) is 0 Å². The van der Waals surface area contributed by atoms with Crippen LogP contribution >= 0.6 is 0 Å². The topological polar surface area (TPSA) is 62.3 Å². The maximum absolute atomic E-state index is 13.0. The van der Waals surface area contributed by atoms with E-state index >= 15 is 0 Å². The molecular formula is C19H24F3N3O4. The molecule has 1 atom stereocenters. The number of fused-ring (bicyclic) bond motifs is 1. The normalized spacial score (nSPS) is 21.0. The summed E-state index contributed by atoms with van der Waals surface area (Å²) in [4.78, 5) is 31.1. The van der Waals surface area contributed by atoms with E-state index in [0.717, 1.165) is 6.07 Å². The second kappa shape index (κ2) is 9.00. The summed E-state index contributed by atoms with van der Waals surface area (Å²) in [6.07, 6.45) is -4.26. The second-order valence-corrected chi connectivity index (χ2v) is 7.02. The highest BCUT2D eigenvalue weighted by molar-refractivity contribution is 5.97. The highest BCUT2D eigenvalue weighted by Crippen LogP contribution is 2.28. The molecule has 3 rings (SSSR count). The molecule has 1 aromatic rings. The summed E-state index contributed by atoms with van der Waals surface area (Å²) < 4.78 is 47.1. The van der Waals surface area contributed by atoms with Crippen LogP contribution in [0.5, 0.6) is 5.75 Å². The molecule has 2 fully saturated rings. The van der Waals surface area contributed by atoms with E-state index in [2.05, 4.69) is 4.74 Å². The quantitative estimate of drug-likeness (QED) is 0.731. The van der Waals surface area contributed by atoms with Crippen molar-refractivity contribution < 1.29 is 32.2 Å². The molecule has 0 aromatic heterocycles. The van der Waals surface area contributed by atoms with Gasteiger partial charge in [0.1, 0.15) is 11.8 Å². The Bertz CT molecular complexity index is 744. The van der Waals surface area contributed by atoms with Crippen molar-refractivity contribution in [1.82, 2.24) is 14.7 Å². The molecule has 2 aliphatic rings. The van der Waals surface area contributed by atoms with Gasteiger partial charge in [-0.05, 0) is 18.6 Å². The third-order valence-electron chi connectivity index (χ3n) is 5.16. The number of hydrogen-bond donors (Lipinski definition) is 0. The number of amides is 2. The fraction of sp³-hybridized carbons (Fsp3) is 0.579. The SMILES string of the molecule is COCCN1CCN2CCCN(C(=O)c3ccccc3OC(F)(F)F)CC2C1=O. The Morgan fingerprint density at radius 1 is 1.17 bits per heavy atom. The first-order valence-corrected chi connectivity index (χ1v) is 9.46. The van der Waals surface area contributed by atoms with Crippen LogP contribution in [0, 0.1) is 0 Å². The van der Waals surface area contributed by atoms with Crippen LogP contribution < -0.4 is 4.74 Å². The number of ether oxygens (including phenoxy) is 2. The van der Waals surface area contributed by atoms with Crippen molar-refractivity contribution in [3.8, 4) is 5.75 Å². The molecule has 7 nitrogen and oxygen atoms in total. The Hall–Kier alpha value is -2.33. The lowest BCUT2D eigenvalue weighted by Gasteiger charge is -2.40. The van der Waals surface area contributed by atoms with Gasteiger partial charge in [0, 0.05) is 46.4 Å². The van der Waals surface area contributed by atoms with Crippen LogP contribution in [0.1, 0.15) is 16.8 Å². The molecule has 0 spiro atoms. The summed E-state index contributed by atoms with van der Waals surface area (Å²) >= 11 is 0. The van der Waals surface area contributed by atoms with Crippen LogP contribution in [-0.2, 0) is 9.53 Å². The summed E-state index contributed by atoms with van der Waals surface area (Å²) in [7, 11) is 1.56. The largest absolute Gasteiger partial charge is 0.573 e. The number of benzene rings is 1. The van der Waals surface area contributed by atoms with Crippen molar-refractivity contribution in [3.05, 3.63) is 29.8 Å². The van der Waals surface area contributed by atoms with E-state index in [4.69, 9.17) is 4.74 Å². The van der Waals surface area contributed by atoms with Crippen molar-refractivity contribution in [1.29, 1.82) is 0 Å². The Morgan fingerprint density at radius 2 is 1.93 bits per heavy atom. The fourth-order valence-corrected chi connectivity index (χ4v) is 3.74. The molecule has 0 aliphatic carbocycles. The average molecular weight is 415 g/mol. The van der Waals surface area contributed by atoms with Gasteiger partial charge in [-0.15, -0.1) is 13.2 Å². The summed E-state index contributed by atoms with van der Waals surface area (Å²) in [5.41, 5.74) is -0.169. The first kappa shape index (κ1) is 21.4. The molecule has 2 heterocycles. The lowest BCUT2D eigenvalue weighted by atomic mass is 10.1. The van der Waals surface area contributed by atoms with Gasteiger partial charge in [0.2, 0.25) is 5.91 Å². The molecule has 0 N–H and O–H groups in total. The fourth-order valence-electron chi connectivity index (χ4n) is 3.74. The van der Waals surface area contributed by atoms with Crippen molar-refractivity contribution >= 4 is 11.8 Å². The third-order valence-corrected chi connectivity index (χ3v) is 5.16. The number of methoxy groups -OCH3 is 1. The second-order valence-electron chi connectivity index (χ2n) is 7.02. The van der Waals surface area contributed by atoms with Crippen LogP contribution in [-0.4, -0.2) is 91.9 Å². The van der Waals surface area contributed by atoms with Gasteiger partial charge >= 0.3 is 6.36 Å². The molecule has 1 aromatic carbocycles. The Morgan fingerprint density at radius 3 is 2.66 bits per heavy atom. The van der Waals surface area contributed by atoms with Gasteiger partial charge in [0.05, 0.1) is 12.2 Å². The molecule has 10 heteroatoms. The first-order valence-electron chi connectivity index (χ1n) is 9.46. The molecule has 29 heavy (non-hydrogen) atoms. The lowest BCUT2D eigenvalue weighted by molar-refractivity contribution is -0.274. The lowest BCUT2D eigenvalue weighted by Crippen LogP contribution is -2.60. The van der Waals surface area contributed by atoms with Gasteiger partial charge in [-0.3, -0.25) is 14.5 Å². The molecule has 0 bridgehead atoms. The van der Waals surface area contributed by atoms with E-state index < -0.39 is 24.1 Å². The van der Waals surface area contributed by atoms with E-state index in [1.807, 2.05) is 4.90 Å². The number of hydrogen-bond acceptors (Lipinski definition) is 5. The first-order chi connectivity index (χ1) is 13.8. The molecule has 0 radical (unpaired) electrons. The Kier molecular flexibility index (Phi) is 6.63. The standard InChI is InChI=1S/C19H24F3N3O4/c1-28-12-11-24-10-9-23-7-4-8-25(13-15(23)18(24)27)17(26)14-5-2-3-6-16(14)29-19(20,21)22/h2-3,5-6,15H,4,7-13H2,1H3. The minimum atomic E-state index is -4.90. The number of alkyl halides is 3. The summed E-state index contributed by atoms with van der Waals surface area (Å²) in [5.74, 6) is -1.20. The molecule has 2 amide bonds. The highest BCUT2D eigenvalue weighted by atomic mass is 19.4. The molecular weight excluding hydrogens is 391 g/mol. The van der Waals surface area contributed by atoms with Gasteiger partial charge in [-0.1, -0.05) is 12.1 Å². The van der Waals surface area contributed by atoms with Crippen LogP contribution in [0.4, 0.5) is 13.2 Å². The summed E-state index contributed by atoms with van der Waals surface area (Å²) in [6.45, 7) is 3.31. The van der Waals surface area contributed by atoms with E-state index in [1.54, 1.807) is 12.0 Å². The zero-order valence-electron chi connectivity index (χ0n) is 16.2. The molecule has 160 valence electrons. The monoisotopic (exact) mass is 415 g/mol. The van der Waals surface area contributed by atoms with Crippen LogP contribution in [0.2, 0.25) is 0 Å². The zero-order chi connectivity index (χ0) is 21.0. The number of carbonyl (C=O) groups is 2. The van der Waals surface area contributed by atoms with Gasteiger partial charge < -0.3 is 19.3 Å². The van der Waals surface area contributed by atoms with Crippen molar-refractivity contribution in [2.24, 2.45) is 0 Å². The van der Waals surface area contributed by atoms with Crippen molar-refractivity contribution in [2.45, 2.75) is 18.8 Å². The number of piperazine rings is 1. The van der Waals surface area contributed by atoms with Crippen LogP contribution in [0.15, 0.2) is 24.3 Å². The van der Waals surface area contributed by atoms with Crippen molar-refractivity contribution in [2.75, 3.05) is 53.0 Å². The van der Waals surface area contributed by atoms with E-state index in [1.165, 1.54) is 23.1 Å². The smallest absolute Gasteiger partial charge is 0.405 e. The minimum Gasteiger partial charge on any atom is -0.405 e. The average Bonchev–Trinajstić information content (AvgIpc) is 2.89. The van der Waals surface area contributed by atoms with E-state index in [9.17, 15) is 22.8 Å². The van der Waals surface area contributed by atoms with Gasteiger partial charge in [0.15, 0.2) is 0 Å². The number of nitrogens with zero attached hydrogens (tertiary/aromatic N) is 3. The van der Waals surface area contributed by atoms with Gasteiger partial charge in [-0.25, -0.2) is 0 Å². The molecule has 1 unspecified atom stereocenters. The summed E-state index contributed by atoms with van der Waals surface area (Å²) in [5, 5.41) is 0. The highest BCUT2D eigenvalue weighted by Gasteiger charge is 2.39. The third kappa shape index (κ3) is 5.18. The van der Waals surface area contributed by atoms with E-state index in [0.29, 0.717) is 45.8 Å². The van der Waals surface area contributed by atoms with Crippen LogP contribution in [0.25, 0.3) is 0 Å². The van der Waals surface area contributed by atoms with E-state index in [-0.39, 0.29) is 18.0 Å². The zero-order valence-corrected chi connectivity index (χ0v) is 16.2. The minimum absolute atomic E-state index is 0.0900. The number of rotatable bonds is 5. The maximum atomic E-state index is 13.0. The van der Waals surface area contributed by atoms with Crippen LogP contribution in [0.3, 0.4) is 0 Å². The maximum Gasteiger partial charge on any atom is 0.573 e. The Balaban J connectivity index is 1.78. The predicted octanol–water partition coefficient (Wildman–Crippen LogP) is 1.59. The van der Waals surface area contributed by atoms with Gasteiger partial charge in [-0.2, -0.15) is 0 Å². The molecule has 2 aliphatic heterocycles. The molecule has 0 saturated carbocycles. The Labute approximate surface area is 166 Å². The number of para-hydroxylation sites is 1. The number of carbonyl (C=O) groups excluding carboxylic acids is 2. The van der Waals surface area contributed by atoms with Gasteiger partial charge in [0.25, 0.3) is 5.91 Å².